The molecular formula is C29H40ClN5O2. The van der Waals surface area contributed by atoms with Crippen LogP contribution < -0.4 is 10.2 Å². The lowest BCUT2D eigenvalue weighted by Gasteiger charge is -2.38. The molecule has 2 fully saturated rings. The number of aliphatic hydroxyl groups excluding tert-OH is 1. The van der Waals surface area contributed by atoms with E-state index in [1.807, 2.05) is 29.2 Å². The number of carbonyl (C=O) groups excluding carboxylic acids is 1. The van der Waals surface area contributed by atoms with Gasteiger partial charge in [-0.15, -0.1) is 0 Å². The molecule has 5 rings (SSSR count). The number of aliphatic hydroxyl groups is 1. The lowest BCUT2D eigenvalue weighted by molar-refractivity contribution is -0.133. The van der Waals surface area contributed by atoms with E-state index in [0.29, 0.717) is 42.5 Å². The van der Waals surface area contributed by atoms with Gasteiger partial charge in [0.05, 0.1) is 17.7 Å². The number of aromatic nitrogens is 2. The molecule has 0 bridgehead atoms. The average Bonchev–Trinajstić information content (AvgIpc) is 3.19. The fraction of sp³-hybridized carbons (Fsp3) is 0.621. The monoisotopic (exact) mass is 525 g/mol. The molecule has 2 N–H and O–H groups in total. The van der Waals surface area contributed by atoms with Gasteiger partial charge in [-0.25, -0.2) is 9.97 Å². The van der Waals surface area contributed by atoms with E-state index in [4.69, 9.17) is 11.6 Å². The summed E-state index contributed by atoms with van der Waals surface area (Å²) in [6, 6.07) is 8.20. The number of amides is 1. The third kappa shape index (κ3) is 5.79. The smallest absolute Gasteiger partial charge is 0.231 e. The van der Waals surface area contributed by atoms with E-state index >= 15 is 0 Å². The number of anilines is 1. The van der Waals surface area contributed by atoms with Crippen LogP contribution in [-0.4, -0.2) is 64.6 Å². The summed E-state index contributed by atoms with van der Waals surface area (Å²) in [6.45, 7) is 10.2. The Morgan fingerprint density at radius 3 is 2.49 bits per heavy atom. The number of rotatable bonds is 6. The molecule has 1 saturated heterocycles. The molecule has 2 aliphatic carbocycles. The van der Waals surface area contributed by atoms with Gasteiger partial charge in [0.1, 0.15) is 12.1 Å². The molecule has 3 aliphatic rings. The molecule has 1 saturated carbocycles. The van der Waals surface area contributed by atoms with Crippen molar-refractivity contribution in [2.75, 3.05) is 37.6 Å². The first-order valence-corrected chi connectivity index (χ1v) is 14.1. The van der Waals surface area contributed by atoms with Gasteiger partial charge in [-0.2, -0.15) is 0 Å². The fourth-order valence-corrected chi connectivity index (χ4v) is 6.37. The van der Waals surface area contributed by atoms with E-state index < -0.39 is 6.10 Å². The minimum absolute atomic E-state index is 0.169. The van der Waals surface area contributed by atoms with Crippen LogP contribution in [-0.2, 0) is 4.79 Å². The summed E-state index contributed by atoms with van der Waals surface area (Å²) >= 11 is 6.16. The number of halogens is 1. The van der Waals surface area contributed by atoms with Crippen LogP contribution in [0.4, 0.5) is 5.82 Å². The van der Waals surface area contributed by atoms with Gasteiger partial charge in [0.25, 0.3) is 0 Å². The molecule has 37 heavy (non-hydrogen) atoms. The number of hydrogen-bond acceptors (Lipinski definition) is 6. The maximum absolute atomic E-state index is 13.9. The molecule has 0 radical (unpaired) electrons. The molecule has 2 unspecified atom stereocenters. The van der Waals surface area contributed by atoms with E-state index in [1.165, 1.54) is 12.8 Å². The number of benzene rings is 1. The molecule has 1 amide bonds. The summed E-state index contributed by atoms with van der Waals surface area (Å²) in [4.78, 5) is 27.0. The van der Waals surface area contributed by atoms with Gasteiger partial charge in [0, 0.05) is 49.4 Å². The van der Waals surface area contributed by atoms with Gasteiger partial charge in [0.15, 0.2) is 0 Å². The van der Waals surface area contributed by atoms with Crippen LogP contribution in [0, 0.1) is 5.41 Å². The molecule has 0 spiro atoms. The van der Waals surface area contributed by atoms with E-state index in [-0.39, 0.29) is 17.7 Å². The van der Waals surface area contributed by atoms with Crippen molar-refractivity contribution in [2.45, 2.75) is 76.9 Å². The molecule has 8 heteroatoms. The zero-order valence-electron chi connectivity index (χ0n) is 22.3. The number of carbonyl (C=O) groups is 1. The van der Waals surface area contributed by atoms with Crippen LogP contribution in [0.3, 0.4) is 0 Å². The maximum Gasteiger partial charge on any atom is 0.231 e. The molecule has 3 atom stereocenters. The zero-order valence-corrected chi connectivity index (χ0v) is 23.0. The first kappa shape index (κ1) is 26.4. The lowest BCUT2D eigenvalue weighted by Crippen LogP contribution is -2.51. The Bertz CT molecular complexity index is 1090. The largest absolute Gasteiger partial charge is 0.387 e. The van der Waals surface area contributed by atoms with Crippen molar-refractivity contribution in [3.8, 4) is 0 Å². The molecule has 2 aromatic rings. The van der Waals surface area contributed by atoms with Crippen LogP contribution in [0.2, 0.25) is 5.02 Å². The summed E-state index contributed by atoms with van der Waals surface area (Å²) in [5.41, 5.74) is 3.25. The summed E-state index contributed by atoms with van der Waals surface area (Å²) < 4.78 is 0. The molecule has 1 aromatic carbocycles. The van der Waals surface area contributed by atoms with Crippen molar-refractivity contribution in [1.82, 2.24) is 20.2 Å². The molecule has 2 heterocycles. The van der Waals surface area contributed by atoms with Crippen molar-refractivity contribution >= 4 is 23.3 Å². The zero-order chi connectivity index (χ0) is 26.2. The number of fused-ring (bicyclic) bond motifs is 1. The maximum atomic E-state index is 13.9. The van der Waals surface area contributed by atoms with Crippen molar-refractivity contribution in [1.29, 1.82) is 0 Å². The Hall–Kier alpha value is -2.22. The minimum Gasteiger partial charge on any atom is -0.387 e. The number of piperazine rings is 1. The van der Waals surface area contributed by atoms with Gasteiger partial charge < -0.3 is 20.2 Å². The normalized spacial score (nSPS) is 24.7. The predicted octanol–water partition coefficient (Wildman–Crippen LogP) is 4.66. The highest BCUT2D eigenvalue weighted by Crippen LogP contribution is 2.43. The second-order valence-electron chi connectivity index (χ2n) is 11.9. The van der Waals surface area contributed by atoms with E-state index in [1.54, 1.807) is 6.33 Å². The van der Waals surface area contributed by atoms with Gasteiger partial charge in [0.2, 0.25) is 5.91 Å². The van der Waals surface area contributed by atoms with Crippen molar-refractivity contribution in [3.63, 3.8) is 0 Å². The van der Waals surface area contributed by atoms with Gasteiger partial charge in [-0.1, -0.05) is 44.5 Å². The highest BCUT2D eigenvalue weighted by atomic mass is 35.5. The molecule has 7 nitrogen and oxygen atoms in total. The summed E-state index contributed by atoms with van der Waals surface area (Å²) in [6.07, 6.45) is 6.48. The standard InChI is InChI=1S/C29H40ClN5O2/c1-19-16-24(36)26-25(19)27(33-18-32-26)34-12-14-35(15-13-34)28(37)23(20-4-6-21(30)7-5-20)17-31-22-8-10-29(2,3)11-9-22/h4-7,18-19,22-24,31,36H,8-17H2,1-3H3/t19?,23?,24-/m1/s1. The van der Waals surface area contributed by atoms with E-state index in [0.717, 1.165) is 48.6 Å². The van der Waals surface area contributed by atoms with Gasteiger partial charge >= 0.3 is 0 Å². The molecular weight excluding hydrogens is 486 g/mol. The average molecular weight is 526 g/mol. The lowest BCUT2D eigenvalue weighted by atomic mass is 9.75. The minimum atomic E-state index is -0.516. The quantitative estimate of drug-likeness (QED) is 0.571. The van der Waals surface area contributed by atoms with Gasteiger partial charge in [-0.05, 0) is 61.1 Å². The predicted molar refractivity (Wildman–Crippen MR) is 147 cm³/mol. The van der Waals surface area contributed by atoms with Crippen molar-refractivity contribution in [3.05, 3.63) is 52.4 Å². The number of nitrogens with one attached hydrogen (secondary N) is 1. The Labute approximate surface area is 225 Å². The van der Waals surface area contributed by atoms with Crippen LogP contribution in [0.1, 0.15) is 87.6 Å². The third-order valence-electron chi connectivity index (χ3n) is 8.69. The number of nitrogens with zero attached hydrogens (tertiary/aromatic N) is 4. The third-order valence-corrected chi connectivity index (χ3v) is 8.94. The molecule has 1 aromatic heterocycles. The highest BCUT2D eigenvalue weighted by molar-refractivity contribution is 6.30. The second kappa shape index (κ2) is 10.9. The first-order chi connectivity index (χ1) is 17.7. The van der Waals surface area contributed by atoms with Crippen molar-refractivity contribution < 1.29 is 9.90 Å². The Morgan fingerprint density at radius 1 is 1.14 bits per heavy atom. The number of hydrogen-bond donors (Lipinski definition) is 2. The van der Waals surface area contributed by atoms with Crippen LogP contribution in [0.15, 0.2) is 30.6 Å². The fourth-order valence-electron chi connectivity index (χ4n) is 6.24. The summed E-state index contributed by atoms with van der Waals surface area (Å²) in [5.74, 6) is 1.07. The SMILES string of the molecule is CC1C[C@@H](O)c2ncnc(N3CCN(C(=O)C(CNC4CCC(C)(C)CC4)c4ccc(Cl)cc4)CC3)c21. The molecule has 200 valence electrons. The van der Waals surface area contributed by atoms with Gasteiger partial charge in [-0.3, -0.25) is 4.79 Å². The first-order valence-electron chi connectivity index (χ1n) is 13.8. The van der Waals surface area contributed by atoms with E-state index in [9.17, 15) is 9.90 Å². The molecule has 1 aliphatic heterocycles. The van der Waals surface area contributed by atoms with Crippen LogP contribution in [0.5, 0.6) is 0 Å². The summed E-state index contributed by atoms with van der Waals surface area (Å²) in [7, 11) is 0. The topological polar surface area (TPSA) is 81.6 Å². The van der Waals surface area contributed by atoms with Crippen LogP contribution >= 0.6 is 11.6 Å². The van der Waals surface area contributed by atoms with Crippen LogP contribution in [0.25, 0.3) is 0 Å². The Balaban J connectivity index is 1.26. The Kier molecular flexibility index (Phi) is 7.75. The van der Waals surface area contributed by atoms with Crippen molar-refractivity contribution in [2.24, 2.45) is 5.41 Å². The highest BCUT2D eigenvalue weighted by Gasteiger charge is 2.35. The van der Waals surface area contributed by atoms with E-state index in [2.05, 4.69) is 41.0 Å². The Morgan fingerprint density at radius 2 is 1.81 bits per heavy atom. The second-order valence-corrected chi connectivity index (χ2v) is 12.3. The summed E-state index contributed by atoms with van der Waals surface area (Å²) in [5, 5.41) is 14.8.